The van der Waals surface area contributed by atoms with Gasteiger partial charge in [-0.1, -0.05) is 42.1 Å². The van der Waals surface area contributed by atoms with E-state index in [0.29, 0.717) is 6.04 Å². The van der Waals surface area contributed by atoms with Gasteiger partial charge in [-0.25, -0.2) is 0 Å². The van der Waals surface area contributed by atoms with Crippen LogP contribution in [0.3, 0.4) is 0 Å². The van der Waals surface area contributed by atoms with E-state index in [0.717, 1.165) is 14.9 Å². The number of hydrogen-bond donors (Lipinski definition) is 1. The van der Waals surface area contributed by atoms with Crippen LogP contribution in [0.2, 0.25) is 0 Å². The zero-order chi connectivity index (χ0) is 12.3. The van der Waals surface area contributed by atoms with Gasteiger partial charge in [0.15, 0.2) is 0 Å². The molecular formula is C14H19Br2N. The van der Waals surface area contributed by atoms with Gasteiger partial charge in [0.1, 0.15) is 0 Å². The van der Waals surface area contributed by atoms with Crippen LogP contribution in [0.4, 0.5) is 5.69 Å². The lowest BCUT2D eigenvalue weighted by atomic mass is 9.84. The first-order valence-corrected chi connectivity index (χ1v) is 7.99. The second-order valence-electron chi connectivity index (χ2n) is 4.91. The van der Waals surface area contributed by atoms with E-state index in [1.807, 2.05) is 0 Å². The third kappa shape index (κ3) is 3.72. The maximum absolute atomic E-state index is 3.68. The van der Waals surface area contributed by atoms with Gasteiger partial charge in [0.2, 0.25) is 0 Å². The molecule has 1 N–H and O–H groups in total. The highest BCUT2D eigenvalue weighted by molar-refractivity contribution is 9.11. The molecule has 0 aliphatic heterocycles. The summed E-state index contributed by atoms with van der Waals surface area (Å²) in [7, 11) is 0. The van der Waals surface area contributed by atoms with E-state index >= 15 is 0 Å². The molecule has 0 aromatic heterocycles. The molecule has 0 heterocycles. The lowest BCUT2D eigenvalue weighted by molar-refractivity contribution is 0.327. The zero-order valence-electron chi connectivity index (χ0n) is 10.2. The van der Waals surface area contributed by atoms with Crippen molar-refractivity contribution in [3.05, 3.63) is 27.1 Å². The maximum atomic E-state index is 3.68. The molecule has 1 saturated carbocycles. The van der Waals surface area contributed by atoms with E-state index in [4.69, 9.17) is 0 Å². The number of nitrogens with one attached hydrogen (secondary N) is 1. The fourth-order valence-corrected chi connectivity index (χ4v) is 3.34. The zero-order valence-corrected chi connectivity index (χ0v) is 13.4. The third-order valence-electron chi connectivity index (χ3n) is 3.65. The Morgan fingerprint density at radius 1 is 1.29 bits per heavy atom. The van der Waals surface area contributed by atoms with Gasteiger partial charge in [-0.15, -0.1) is 0 Å². The van der Waals surface area contributed by atoms with Gasteiger partial charge in [-0.05, 0) is 52.9 Å². The van der Waals surface area contributed by atoms with E-state index in [2.05, 4.69) is 62.3 Å². The predicted octanol–water partition coefficient (Wildman–Crippen LogP) is 5.59. The summed E-state index contributed by atoms with van der Waals surface area (Å²) in [6.45, 7) is 2.31. The molecular weight excluding hydrogens is 342 g/mol. The highest BCUT2D eigenvalue weighted by atomic mass is 79.9. The Morgan fingerprint density at radius 2 is 2.12 bits per heavy atom. The van der Waals surface area contributed by atoms with Crippen LogP contribution in [-0.2, 0) is 0 Å². The van der Waals surface area contributed by atoms with Crippen LogP contribution in [0.1, 0.15) is 39.0 Å². The fraction of sp³-hybridized carbons (Fsp3) is 0.571. The molecule has 2 unspecified atom stereocenters. The van der Waals surface area contributed by atoms with Crippen molar-refractivity contribution in [3.8, 4) is 0 Å². The molecule has 1 aliphatic rings. The Balaban J connectivity index is 2.02. The van der Waals surface area contributed by atoms with Gasteiger partial charge < -0.3 is 5.32 Å². The number of hydrogen-bond acceptors (Lipinski definition) is 1. The number of anilines is 1. The highest BCUT2D eigenvalue weighted by Gasteiger charge is 2.20. The van der Waals surface area contributed by atoms with E-state index < -0.39 is 0 Å². The first-order valence-electron chi connectivity index (χ1n) is 6.40. The summed E-state index contributed by atoms with van der Waals surface area (Å²) in [4.78, 5) is 0. The Morgan fingerprint density at radius 3 is 2.88 bits per heavy atom. The number of halogens is 2. The molecule has 1 aliphatic carbocycles. The van der Waals surface area contributed by atoms with Crippen molar-refractivity contribution < 1.29 is 0 Å². The minimum atomic E-state index is 0.638. The van der Waals surface area contributed by atoms with Gasteiger partial charge in [-0.3, -0.25) is 0 Å². The average molecular weight is 361 g/mol. The van der Waals surface area contributed by atoms with Crippen LogP contribution in [0.5, 0.6) is 0 Å². The SMILES string of the molecule is CCC1CCCC(Nc2cc(Br)ccc2Br)C1. The van der Waals surface area contributed by atoms with Crippen molar-refractivity contribution in [1.82, 2.24) is 0 Å². The summed E-state index contributed by atoms with van der Waals surface area (Å²) < 4.78 is 2.28. The first-order chi connectivity index (χ1) is 8.19. The smallest absolute Gasteiger partial charge is 0.0498 e. The van der Waals surface area contributed by atoms with Crippen LogP contribution in [-0.4, -0.2) is 6.04 Å². The van der Waals surface area contributed by atoms with E-state index in [1.54, 1.807) is 0 Å². The predicted molar refractivity (Wildman–Crippen MR) is 81.5 cm³/mol. The maximum Gasteiger partial charge on any atom is 0.0498 e. The summed E-state index contributed by atoms with van der Waals surface area (Å²) in [5, 5.41) is 3.68. The van der Waals surface area contributed by atoms with Crippen LogP contribution in [0.15, 0.2) is 27.1 Å². The van der Waals surface area contributed by atoms with Crippen LogP contribution in [0, 0.1) is 5.92 Å². The monoisotopic (exact) mass is 359 g/mol. The van der Waals surface area contributed by atoms with Crippen molar-refractivity contribution in [2.75, 3.05) is 5.32 Å². The lowest BCUT2D eigenvalue weighted by Crippen LogP contribution is -2.27. The summed E-state index contributed by atoms with van der Waals surface area (Å²) in [5.74, 6) is 0.909. The topological polar surface area (TPSA) is 12.0 Å². The van der Waals surface area contributed by atoms with Gasteiger partial charge in [0.25, 0.3) is 0 Å². The van der Waals surface area contributed by atoms with Crippen molar-refractivity contribution in [3.63, 3.8) is 0 Å². The summed E-state index contributed by atoms with van der Waals surface area (Å²) in [5.41, 5.74) is 1.21. The van der Waals surface area contributed by atoms with Gasteiger partial charge in [0, 0.05) is 20.7 Å². The summed E-state index contributed by atoms with van der Waals surface area (Å²) >= 11 is 7.13. The molecule has 2 rings (SSSR count). The fourth-order valence-electron chi connectivity index (χ4n) is 2.62. The van der Waals surface area contributed by atoms with Crippen molar-refractivity contribution in [2.45, 2.75) is 45.1 Å². The molecule has 17 heavy (non-hydrogen) atoms. The van der Waals surface area contributed by atoms with E-state index in [9.17, 15) is 0 Å². The summed E-state index contributed by atoms with van der Waals surface area (Å²) in [6, 6.07) is 6.94. The lowest BCUT2D eigenvalue weighted by Gasteiger charge is -2.30. The average Bonchev–Trinajstić information content (AvgIpc) is 2.34. The van der Waals surface area contributed by atoms with Gasteiger partial charge in [-0.2, -0.15) is 0 Å². The number of rotatable bonds is 3. The molecule has 1 nitrogen and oxygen atoms in total. The van der Waals surface area contributed by atoms with Crippen LogP contribution < -0.4 is 5.32 Å². The van der Waals surface area contributed by atoms with Gasteiger partial charge >= 0.3 is 0 Å². The normalized spacial score (nSPS) is 24.6. The van der Waals surface area contributed by atoms with Crippen molar-refractivity contribution >= 4 is 37.5 Å². The minimum Gasteiger partial charge on any atom is -0.381 e. The Labute approximate surface area is 121 Å². The van der Waals surface area contributed by atoms with Crippen LogP contribution >= 0.6 is 31.9 Å². The first kappa shape index (κ1) is 13.4. The molecule has 0 spiro atoms. The second kappa shape index (κ2) is 6.24. The molecule has 0 radical (unpaired) electrons. The molecule has 1 aromatic carbocycles. The molecule has 1 fully saturated rings. The summed E-state index contributed by atoms with van der Waals surface area (Å²) in [6.07, 6.45) is 6.71. The molecule has 3 heteroatoms. The third-order valence-corrected chi connectivity index (χ3v) is 4.83. The quantitative estimate of drug-likeness (QED) is 0.740. The Hall–Kier alpha value is -0.0200. The minimum absolute atomic E-state index is 0.638. The van der Waals surface area contributed by atoms with Crippen LogP contribution in [0.25, 0.3) is 0 Å². The van der Waals surface area contributed by atoms with Crippen molar-refractivity contribution in [2.24, 2.45) is 5.92 Å². The van der Waals surface area contributed by atoms with E-state index in [-0.39, 0.29) is 0 Å². The number of benzene rings is 1. The molecule has 94 valence electrons. The van der Waals surface area contributed by atoms with Crippen molar-refractivity contribution in [1.29, 1.82) is 0 Å². The molecule has 2 atom stereocenters. The largest absolute Gasteiger partial charge is 0.381 e. The highest BCUT2D eigenvalue weighted by Crippen LogP contribution is 2.32. The van der Waals surface area contributed by atoms with E-state index in [1.165, 1.54) is 37.8 Å². The molecule has 0 amide bonds. The second-order valence-corrected chi connectivity index (χ2v) is 6.68. The molecule has 0 bridgehead atoms. The molecule has 0 saturated heterocycles. The van der Waals surface area contributed by atoms with Gasteiger partial charge in [0.05, 0.1) is 0 Å². The standard InChI is InChI=1S/C14H19Br2N/c1-2-10-4-3-5-12(8-10)17-14-9-11(15)6-7-13(14)16/h6-7,9-10,12,17H,2-5,8H2,1H3. The Bertz CT molecular complexity index is 378. The molecule has 1 aromatic rings. The Kier molecular flexibility index (Phi) is 4.92.